The molecule has 21 heavy (non-hydrogen) atoms. The van der Waals surface area contributed by atoms with E-state index in [1.807, 2.05) is 0 Å². The van der Waals surface area contributed by atoms with E-state index < -0.39 is 29.4 Å². The second kappa shape index (κ2) is 6.25. The molecule has 1 rings (SSSR count). The fraction of sp³-hybridized carbons (Fsp3) is 0.357. The van der Waals surface area contributed by atoms with Gasteiger partial charge in [0.1, 0.15) is 6.04 Å². The van der Waals surface area contributed by atoms with E-state index in [0.717, 1.165) is 0 Å². The third-order valence-electron chi connectivity index (χ3n) is 2.79. The van der Waals surface area contributed by atoms with Gasteiger partial charge in [-0.3, -0.25) is 4.79 Å². The minimum atomic E-state index is -1.12. The lowest BCUT2D eigenvalue weighted by atomic mass is 9.87. The summed E-state index contributed by atoms with van der Waals surface area (Å²) in [6, 6.07) is 4.35. The summed E-state index contributed by atoms with van der Waals surface area (Å²) in [6.07, 6.45) is 0. The molecule has 0 aliphatic carbocycles. The van der Waals surface area contributed by atoms with Crippen molar-refractivity contribution in [1.29, 1.82) is 0 Å². The fourth-order valence-electron chi connectivity index (χ4n) is 1.70. The van der Waals surface area contributed by atoms with Gasteiger partial charge in [-0.15, -0.1) is 0 Å². The average Bonchev–Trinajstić information content (AvgIpc) is 2.34. The molecule has 7 nitrogen and oxygen atoms in total. The Morgan fingerprint density at radius 2 is 1.86 bits per heavy atom. The summed E-state index contributed by atoms with van der Waals surface area (Å²) in [5, 5.41) is 14.0. The normalized spacial score (nSPS) is 12.3. The highest BCUT2D eigenvalue weighted by molar-refractivity contribution is 5.96. The second-order valence-electron chi connectivity index (χ2n) is 5.68. The van der Waals surface area contributed by atoms with E-state index in [2.05, 4.69) is 10.6 Å². The molecule has 1 aromatic rings. The quantitative estimate of drug-likeness (QED) is 0.670. The van der Waals surface area contributed by atoms with Gasteiger partial charge in [0.2, 0.25) is 5.91 Å². The van der Waals surface area contributed by atoms with Crippen molar-refractivity contribution in [2.24, 2.45) is 11.1 Å². The number of hydrogen-bond acceptors (Lipinski definition) is 3. The van der Waals surface area contributed by atoms with E-state index in [4.69, 9.17) is 10.8 Å². The number of amides is 3. The van der Waals surface area contributed by atoms with Gasteiger partial charge in [0.15, 0.2) is 0 Å². The molecule has 7 heteroatoms. The van der Waals surface area contributed by atoms with Crippen molar-refractivity contribution in [1.82, 2.24) is 5.32 Å². The maximum Gasteiger partial charge on any atom is 0.326 e. The highest BCUT2D eigenvalue weighted by Crippen LogP contribution is 2.19. The first-order valence-electron chi connectivity index (χ1n) is 6.31. The van der Waals surface area contributed by atoms with E-state index in [1.165, 1.54) is 12.1 Å². The van der Waals surface area contributed by atoms with E-state index >= 15 is 0 Å². The summed E-state index contributed by atoms with van der Waals surface area (Å²) >= 11 is 0. The zero-order valence-electron chi connectivity index (χ0n) is 12.1. The number of nitrogens with two attached hydrogens (primary N) is 1. The highest BCUT2D eigenvalue weighted by Gasteiger charge is 2.32. The van der Waals surface area contributed by atoms with Crippen LogP contribution in [-0.2, 0) is 4.79 Å². The van der Waals surface area contributed by atoms with Crippen LogP contribution in [-0.4, -0.2) is 29.1 Å². The minimum absolute atomic E-state index is 0.249. The van der Waals surface area contributed by atoms with Crippen molar-refractivity contribution in [2.45, 2.75) is 26.8 Å². The Labute approximate surface area is 122 Å². The zero-order valence-corrected chi connectivity index (χ0v) is 12.1. The molecule has 0 spiro atoms. The zero-order chi connectivity index (χ0) is 16.2. The first-order valence-corrected chi connectivity index (χ1v) is 6.31. The summed E-state index contributed by atoms with van der Waals surface area (Å²) in [7, 11) is 0. The van der Waals surface area contributed by atoms with Crippen LogP contribution in [0.2, 0.25) is 0 Å². The summed E-state index contributed by atoms with van der Waals surface area (Å²) in [5.41, 5.74) is 5.10. The minimum Gasteiger partial charge on any atom is -0.480 e. The van der Waals surface area contributed by atoms with Gasteiger partial charge in [-0.2, -0.15) is 0 Å². The summed E-state index contributed by atoms with van der Waals surface area (Å²) in [6.45, 7) is 5.12. The number of benzene rings is 1. The predicted octanol–water partition coefficient (Wildman–Crippen LogP) is 1.41. The summed E-state index contributed by atoms with van der Waals surface area (Å²) in [4.78, 5) is 34.1. The Kier molecular flexibility index (Phi) is 4.91. The molecule has 1 unspecified atom stereocenters. The van der Waals surface area contributed by atoms with Gasteiger partial charge in [-0.25, -0.2) is 9.59 Å². The van der Waals surface area contributed by atoms with Crippen molar-refractivity contribution in [2.75, 3.05) is 5.32 Å². The van der Waals surface area contributed by atoms with Gasteiger partial charge in [-0.1, -0.05) is 26.8 Å². The van der Waals surface area contributed by atoms with Crippen LogP contribution in [0.15, 0.2) is 24.3 Å². The molecule has 0 bridgehead atoms. The Balaban J connectivity index is 2.79. The van der Waals surface area contributed by atoms with Gasteiger partial charge in [0.25, 0.3) is 0 Å². The van der Waals surface area contributed by atoms with Crippen molar-refractivity contribution < 1.29 is 19.5 Å². The molecule has 0 aliphatic heterocycles. The van der Waals surface area contributed by atoms with Crippen molar-refractivity contribution in [3.63, 3.8) is 0 Å². The second-order valence-corrected chi connectivity index (χ2v) is 5.68. The molecule has 5 N–H and O–H groups in total. The van der Waals surface area contributed by atoms with E-state index in [0.29, 0.717) is 5.69 Å². The third kappa shape index (κ3) is 4.79. The van der Waals surface area contributed by atoms with Gasteiger partial charge in [0.05, 0.1) is 0 Å². The van der Waals surface area contributed by atoms with Crippen LogP contribution in [0.25, 0.3) is 0 Å². The van der Waals surface area contributed by atoms with Crippen LogP contribution in [0.3, 0.4) is 0 Å². The first-order chi connectivity index (χ1) is 9.61. The van der Waals surface area contributed by atoms with Crippen molar-refractivity contribution in [3.05, 3.63) is 29.8 Å². The van der Waals surface area contributed by atoms with Crippen LogP contribution in [0.5, 0.6) is 0 Å². The SMILES string of the molecule is CC(C)(C)C(NC(=O)Nc1cccc(C(N)=O)c1)C(=O)O. The van der Waals surface area contributed by atoms with Crippen LogP contribution < -0.4 is 16.4 Å². The van der Waals surface area contributed by atoms with Gasteiger partial charge < -0.3 is 21.5 Å². The molecule has 0 fully saturated rings. The number of nitrogens with one attached hydrogen (secondary N) is 2. The number of anilines is 1. The van der Waals surface area contributed by atoms with Crippen molar-refractivity contribution in [3.8, 4) is 0 Å². The number of hydrogen-bond donors (Lipinski definition) is 4. The Morgan fingerprint density at radius 1 is 1.24 bits per heavy atom. The number of carbonyl (C=O) groups is 3. The number of urea groups is 1. The molecule has 114 valence electrons. The average molecular weight is 293 g/mol. The van der Waals surface area contributed by atoms with Crippen LogP contribution in [0.4, 0.5) is 10.5 Å². The van der Waals surface area contributed by atoms with Gasteiger partial charge in [-0.05, 0) is 23.6 Å². The Hall–Kier alpha value is -2.57. The van der Waals surface area contributed by atoms with Crippen LogP contribution in [0, 0.1) is 5.41 Å². The molecular formula is C14H19N3O4. The molecule has 3 amide bonds. The van der Waals surface area contributed by atoms with Gasteiger partial charge >= 0.3 is 12.0 Å². The number of carboxylic acid groups (broad SMARTS) is 1. The van der Waals surface area contributed by atoms with Gasteiger partial charge in [0, 0.05) is 11.3 Å². The molecule has 0 aromatic heterocycles. The van der Waals surface area contributed by atoms with E-state index in [-0.39, 0.29) is 5.56 Å². The maximum atomic E-state index is 11.9. The molecule has 0 radical (unpaired) electrons. The lowest BCUT2D eigenvalue weighted by Gasteiger charge is -2.27. The molecule has 0 aliphatic rings. The molecule has 0 saturated carbocycles. The largest absolute Gasteiger partial charge is 0.480 e. The molecule has 0 saturated heterocycles. The fourth-order valence-corrected chi connectivity index (χ4v) is 1.70. The molecule has 0 heterocycles. The number of carboxylic acids is 1. The highest BCUT2D eigenvalue weighted by atomic mass is 16.4. The lowest BCUT2D eigenvalue weighted by Crippen LogP contribution is -2.50. The van der Waals surface area contributed by atoms with E-state index in [1.54, 1.807) is 32.9 Å². The predicted molar refractivity (Wildman–Crippen MR) is 78.0 cm³/mol. The number of primary amides is 1. The number of carbonyl (C=O) groups excluding carboxylic acids is 2. The van der Waals surface area contributed by atoms with Crippen LogP contribution in [0.1, 0.15) is 31.1 Å². The van der Waals surface area contributed by atoms with Crippen molar-refractivity contribution >= 4 is 23.6 Å². The third-order valence-corrected chi connectivity index (χ3v) is 2.79. The smallest absolute Gasteiger partial charge is 0.326 e. The standard InChI is InChI=1S/C14H19N3O4/c1-14(2,3)10(12(19)20)17-13(21)16-9-6-4-5-8(7-9)11(15)18/h4-7,10H,1-3H3,(H2,15,18)(H,19,20)(H2,16,17,21). The number of rotatable bonds is 4. The monoisotopic (exact) mass is 293 g/mol. The maximum absolute atomic E-state index is 11.9. The summed E-state index contributed by atoms with van der Waals surface area (Å²) in [5.74, 6) is -1.74. The lowest BCUT2D eigenvalue weighted by molar-refractivity contribution is -0.141. The Bertz CT molecular complexity index is 564. The molecular weight excluding hydrogens is 274 g/mol. The summed E-state index contributed by atoms with van der Waals surface area (Å²) < 4.78 is 0. The number of aliphatic carboxylic acids is 1. The molecule has 1 atom stereocenters. The first kappa shape index (κ1) is 16.5. The van der Waals surface area contributed by atoms with E-state index in [9.17, 15) is 14.4 Å². The Morgan fingerprint density at radius 3 is 2.33 bits per heavy atom. The topological polar surface area (TPSA) is 122 Å². The molecule has 1 aromatic carbocycles. The van der Waals surface area contributed by atoms with Crippen LogP contribution >= 0.6 is 0 Å².